The van der Waals surface area contributed by atoms with Crippen molar-refractivity contribution in [3.63, 3.8) is 0 Å². The molecule has 0 unspecified atom stereocenters. The van der Waals surface area contributed by atoms with Gasteiger partial charge in [0.05, 0.1) is 11.2 Å². The van der Waals surface area contributed by atoms with E-state index < -0.39 is 5.82 Å². The predicted octanol–water partition coefficient (Wildman–Crippen LogP) is 6.13. The van der Waals surface area contributed by atoms with Gasteiger partial charge >= 0.3 is 0 Å². The number of amides is 1. The summed E-state index contributed by atoms with van der Waals surface area (Å²) in [5.41, 5.74) is 2.21. The lowest BCUT2D eigenvalue weighted by molar-refractivity contribution is -0.111. The third kappa shape index (κ3) is 4.55. The van der Waals surface area contributed by atoms with Crippen LogP contribution in [0.15, 0.2) is 55.4 Å². The highest BCUT2D eigenvalue weighted by atomic mass is 32.1. The van der Waals surface area contributed by atoms with Gasteiger partial charge in [0.1, 0.15) is 11.6 Å². The van der Waals surface area contributed by atoms with Gasteiger partial charge in [-0.2, -0.15) is 0 Å². The van der Waals surface area contributed by atoms with Crippen molar-refractivity contribution in [2.45, 2.75) is 27.3 Å². The van der Waals surface area contributed by atoms with Crippen LogP contribution in [0.25, 0.3) is 22.2 Å². The van der Waals surface area contributed by atoms with E-state index in [0.29, 0.717) is 28.7 Å². The summed E-state index contributed by atoms with van der Waals surface area (Å²) in [5.74, 6) is 0.229. The average molecular weight is 450 g/mol. The molecule has 0 atom stereocenters. The first-order valence-electron chi connectivity index (χ1n) is 10.3. The summed E-state index contributed by atoms with van der Waals surface area (Å²) < 4.78 is 17.1. The van der Waals surface area contributed by atoms with E-state index in [1.807, 2.05) is 25.3 Å². The van der Waals surface area contributed by atoms with E-state index in [9.17, 15) is 9.18 Å². The first-order valence-corrected chi connectivity index (χ1v) is 11.1. The van der Waals surface area contributed by atoms with Crippen LogP contribution in [-0.4, -0.2) is 20.4 Å². The summed E-state index contributed by atoms with van der Waals surface area (Å²) >= 11 is 1.52. The molecule has 2 N–H and O–H groups in total. The second-order valence-electron chi connectivity index (χ2n) is 7.94. The van der Waals surface area contributed by atoms with Crippen LogP contribution in [0, 0.1) is 18.7 Å². The first kappa shape index (κ1) is 21.7. The fraction of sp³-hybridized carbons (Fsp3) is 0.208. The van der Waals surface area contributed by atoms with Crippen molar-refractivity contribution in [1.29, 1.82) is 0 Å². The molecule has 0 aliphatic rings. The molecule has 0 aliphatic carbocycles. The maximum absolute atomic E-state index is 15.0. The molecule has 0 radical (unpaired) electrons. The molecule has 0 spiro atoms. The normalized spacial score (nSPS) is 11.2. The lowest BCUT2D eigenvalue weighted by Gasteiger charge is -2.13. The van der Waals surface area contributed by atoms with Gasteiger partial charge in [-0.3, -0.25) is 4.79 Å². The van der Waals surface area contributed by atoms with Crippen molar-refractivity contribution in [1.82, 2.24) is 14.5 Å². The smallest absolute Gasteiger partial charge is 0.247 e. The van der Waals surface area contributed by atoms with Crippen molar-refractivity contribution < 1.29 is 9.18 Å². The Bertz CT molecular complexity index is 1310. The molecule has 0 saturated heterocycles. The van der Waals surface area contributed by atoms with Crippen LogP contribution >= 0.6 is 11.3 Å². The molecule has 4 aromatic rings. The second-order valence-corrected chi connectivity index (χ2v) is 9.17. The molecule has 32 heavy (non-hydrogen) atoms. The number of thiazole rings is 1. The maximum Gasteiger partial charge on any atom is 0.247 e. The van der Waals surface area contributed by atoms with E-state index in [0.717, 1.165) is 27.5 Å². The number of halogens is 1. The number of rotatable bonds is 7. The molecule has 164 valence electrons. The van der Waals surface area contributed by atoms with Crippen molar-refractivity contribution >= 4 is 44.8 Å². The Morgan fingerprint density at radius 3 is 2.81 bits per heavy atom. The maximum atomic E-state index is 15.0. The van der Waals surface area contributed by atoms with E-state index in [2.05, 4.69) is 40.6 Å². The number of aromatic nitrogens is 3. The lowest BCUT2D eigenvalue weighted by Crippen LogP contribution is -2.07. The van der Waals surface area contributed by atoms with Gasteiger partial charge in [-0.15, -0.1) is 11.3 Å². The number of pyridine rings is 1. The van der Waals surface area contributed by atoms with Gasteiger partial charge in [0.15, 0.2) is 5.13 Å². The highest BCUT2D eigenvalue weighted by molar-refractivity contribution is 7.15. The molecule has 4 rings (SSSR count). The monoisotopic (exact) mass is 449 g/mol. The van der Waals surface area contributed by atoms with Crippen LogP contribution in [0.4, 0.5) is 21.0 Å². The third-order valence-corrected chi connectivity index (χ3v) is 5.69. The van der Waals surface area contributed by atoms with Crippen molar-refractivity contribution in [2.75, 3.05) is 10.6 Å². The molecule has 6 nitrogen and oxygen atoms in total. The van der Waals surface area contributed by atoms with Gasteiger partial charge in [-0.05, 0) is 43.2 Å². The number of aryl methyl sites for hydroxylation is 1. The topological polar surface area (TPSA) is 71.8 Å². The summed E-state index contributed by atoms with van der Waals surface area (Å²) in [6.07, 6.45) is 4.96. The zero-order valence-electron chi connectivity index (χ0n) is 18.1. The molecule has 3 aromatic heterocycles. The van der Waals surface area contributed by atoms with Crippen LogP contribution in [-0.2, 0) is 11.3 Å². The van der Waals surface area contributed by atoms with Crippen molar-refractivity contribution in [3.05, 3.63) is 66.1 Å². The van der Waals surface area contributed by atoms with Gasteiger partial charge in [-0.25, -0.2) is 14.4 Å². The summed E-state index contributed by atoms with van der Waals surface area (Å²) in [6, 6.07) is 8.35. The van der Waals surface area contributed by atoms with E-state index in [-0.39, 0.29) is 5.91 Å². The van der Waals surface area contributed by atoms with Gasteiger partial charge in [0.2, 0.25) is 5.91 Å². The fourth-order valence-electron chi connectivity index (χ4n) is 3.51. The van der Waals surface area contributed by atoms with Gasteiger partial charge < -0.3 is 15.2 Å². The summed E-state index contributed by atoms with van der Waals surface area (Å²) in [6.45, 7) is 10.6. The summed E-state index contributed by atoms with van der Waals surface area (Å²) in [4.78, 5) is 21.9. The zero-order valence-corrected chi connectivity index (χ0v) is 19.0. The molecular formula is C24H24FN5OS. The Hall–Kier alpha value is -3.52. The van der Waals surface area contributed by atoms with Gasteiger partial charge in [-0.1, -0.05) is 20.4 Å². The second kappa shape index (κ2) is 8.92. The quantitative estimate of drug-likeness (QED) is 0.333. The number of anilines is 3. The first-order chi connectivity index (χ1) is 15.3. The molecule has 0 aliphatic heterocycles. The standard InChI is InChI=1S/C24H24FN5OS/c1-5-22(31)27-16-6-7-19(25)18(10-16)23-17-8-9-30(13-14(2)3)20(17)11-21(28-23)29-24-26-12-15(4)32-24/h5-12,14H,1,13H2,2-4H3,(H,27,31)(H,26,28,29). The van der Waals surface area contributed by atoms with E-state index in [1.54, 1.807) is 12.3 Å². The number of fused-ring (bicyclic) bond motifs is 1. The lowest BCUT2D eigenvalue weighted by atomic mass is 10.1. The molecule has 0 fully saturated rings. The fourth-order valence-corrected chi connectivity index (χ4v) is 4.18. The number of nitrogens with zero attached hydrogens (tertiary/aromatic N) is 3. The number of hydrogen-bond acceptors (Lipinski definition) is 5. The van der Waals surface area contributed by atoms with Crippen molar-refractivity contribution in [3.8, 4) is 11.3 Å². The minimum Gasteiger partial charge on any atom is -0.347 e. The highest BCUT2D eigenvalue weighted by Crippen LogP contribution is 2.34. The molecule has 1 aromatic carbocycles. The molecule has 0 saturated carbocycles. The summed E-state index contributed by atoms with van der Waals surface area (Å²) in [5, 5.41) is 7.48. The Morgan fingerprint density at radius 2 is 2.12 bits per heavy atom. The third-order valence-electron chi connectivity index (χ3n) is 4.86. The number of nitrogens with one attached hydrogen (secondary N) is 2. The molecule has 8 heteroatoms. The number of hydrogen-bond donors (Lipinski definition) is 2. The van der Waals surface area contributed by atoms with Gasteiger partial charge in [0, 0.05) is 46.5 Å². The Morgan fingerprint density at radius 1 is 1.31 bits per heavy atom. The van der Waals surface area contributed by atoms with Crippen LogP contribution < -0.4 is 10.6 Å². The molecule has 1 amide bonds. The van der Waals surface area contributed by atoms with Crippen LogP contribution in [0.5, 0.6) is 0 Å². The number of carbonyl (C=O) groups excluding carboxylic acids is 1. The van der Waals surface area contributed by atoms with Crippen molar-refractivity contribution in [2.24, 2.45) is 5.92 Å². The highest BCUT2D eigenvalue weighted by Gasteiger charge is 2.17. The summed E-state index contributed by atoms with van der Waals surface area (Å²) in [7, 11) is 0. The number of benzene rings is 1. The van der Waals surface area contributed by atoms with Gasteiger partial charge in [0.25, 0.3) is 0 Å². The average Bonchev–Trinajstić information content (AvgIpc) is 3.34. The zero-order chi connectivity index (χ0) is 22.8. The van der Waals surface area contributed by atoms with Crippen LogP contribution in [0.1, 0.15) is 18.7 Å². The Balaban J connectivity index is 1.87. The van der Waals surface area contributed by atoms with E-state index in [4.69, 9.17) is 4.98 Å². The Kier molecular flexibility index (Phi) is 6.05. The molecular weight excluding hydrogens is 425 g/mol. The SMILES string of the molecule is C=CC(=O)Nc1ccc(F)c(-c2nc(Nc3ncc(C)s3)cc3c2ccn3CC(C)C)c1. The minimum atomic E-state index is -0.422. The van der Waals surface area contributed by atoms with Crippen LogP contribution in [0.2, 0.25) is 0 Å². The Labute approximate surface area is 189 Å². The predicted molar refractivity (Wildman–Crippen MR) is 129 cm³/mol. The molecule has 3 heterocycles. The van der Waals surface area contributed by atoms with E-state index in [1.165, 1.54) is 29.5 Å². The molecule has 0 bridgehead atoms. The van der Waals surface area contributed by atoms with Crippen LogP contribution in [0.3, 0.4) is 0 Å². The largest absolute Gasteiger partial charge is 0.347 e. The minimum absolute atomic E-state index is 0.304. The van der Waals surface area contributed by atoms with E-state index >= 15 is 0 Å². The number of carbonyl (C=O) groups is 1.